The second-order valence-electron chi connectivity index (χ2n) is 4.42. The van der Waals surface area contributed by atoms with Gasteiger partial charge in [-0.2, -0.15) is 0 Å². The first-order chi connectivity index (χ1) is 7.24. The molecule has 0 aliphatic heterocycles. The van der Waals surface area contributed by atoms with Crippen LogP contribution in [-0.4, -0.2) is 11.0 Å². The summed E-state index contributed by atoms with van der Waals surface area (Å²) < 4.78 is 0. The van der Waals surface area contributed by atoms with Gasteiger partial charge in [-0.1, -0.05) is 36.9 Å². The summed E-state index contributed by atoms with van der Waals surface area (Å²) in [6.07, 6.45) is 5.45. The van der Waals surface area contributed by atoms with Gasteiger partial charge in [0.1, 0.15) is 11.0 Å². The van der Waals surface area contributed by atoms with Crippen LogP contribution in [-0.2, 0) is 0 Å². The van der Waals surface area contributed by atoms with Crippen LogP contribution in [0.3, 0.4) is 0 Å². The van der Waals surface area contributed by atoms with Crippen LogP contribution in [0.15, 0.2) is 18.2 Å². The molecule has 0 saturated heterocycles. The molecule has 1 aliphatic rings. The topological polar surface area (TPSA) is 24.9 Å². The van der Waals surface area contributed by atoms with Crippen molar-refractivity contribution in [2.45, 2.75) is 38.6 Å². The third-order valence-corrected chi connectivity index (χ3v) is 3.23. The zero-order chi connectivity index (χ0) is 10.7. The van der Waals surface area contributed by atoms with Gasteiger partial charge in [0.2, 0.25) is 0 Å². The largest absolute Gasteiger partial charge is 0.368 e. The van der Waals surface area contributed by atoms with Crippen LogP contribution < -0.4 is 5.32 Å². The number of pyridine rings is 1. The normalized spacial score (nSPS) is 18.3. The van der Waals surface area contributed by atoms with Crippen molar-refractivity contribution in [3.63, 3.8) is 0 Å². The van der Waals surface area contributed by atoms with Gasteiger partial charge in [0.15, 0.2) is 0 Å². The summed E-state index contributed by atoms with van der Waals surface area (Å²) in [5, 5.41) is 3.94. The van der Waals surface area contributed by atoms with E-state index in [0.29, 0.717) is 11.2 Å². The average molecular weight is 225 g/mol. The van der Waals surface area contributed by atoms with Crippen molar-refractivity contribution in [2.75, 3.05) is 5.32 Å². The van der Waals surface area contributed by atoms with Crippen LogP contribution in [0.1, 0.15) is 32.6 Å². The molecule has 1 atom stereocenters. The molecule has 1 unspecified atom stereocenters. The quantitative estimate of drug-likeness (QED) is 0.789. The fourth-order valence-corrected chi connectivity index (χ4v) is 2.19. The monoisotopic (exact) mass is 224 g/mol. The van der Waals surface area contributed by atoms with E-state index in [1.807, 2.05) is 12.1 Å². The molecule has 2 rings (SSSR count). The number of anilines is 1. The second-order valence-corrected chi connectivity index (χ2v) is 4.81. The Morgan fingerprint density at radius 1 is 1.53 bits per heavy atom. The Morgan fingerprint density at radius 3 is 2.93 bits per heavy atom. The Morgan fingerprint density at radius 2 is 2.33 bits per heavy atom. The standard InChI is InChI=1S/C12H17ClN2/c1-9(8-10-4-2-5-10)14-12-7-3-6-11(13)15-12/h3,6-7,9-10H,2,4-5,8H2,1H3,(H,14,15). The number of hydrogen-bond acceptors (Lipinski definition) is 2. The predicted octanol–water partition coefficient (Wildman–Crippen LogP) is 3.73. The molecule has 1 N–H and O–H groups in total. The van der Waals surface area contributed by atoms with Gasteiger partial charge in [-0.3, -0.25) is 0 Å². The van der Waals surface area contributed by atoms with E-state index >= 15 is 0 Å². The minimum Gasteiger partial charge on any atom is -0.368 e. The zero-order valence-corrected chi connectivity index (χ0v) is 9.80. The van der Waals surface area contributed by atoms with Crippen LogP contribution in [0.25, 0.3) is 0 Å². The summed E-state index contributed by atoms with van der Waals surface area (Å²) in [4.78, 5) is 4.22. The molecule has 0 spiro atoms. The maximum absolute atomic E-state index is 5.82. The number of rotatable bonds is 4. The van der Waals surface area contributed by atoms with Crippen molar-refractivity contribution < 1.29 is 0 Å². The number of aromatic nitrogens is 1. The molecule has 1 aromatic heterocycles. The molecular formula is C12H17ClN2. The molecule has 1 saturated carbocycles. The summed E-state index contributed by atoms with van der Waals surface area (Å²) >= 11 is 5.82. The lowest BCUT2D eigenvalue weighted by Gasteiger charge is -2.28. The molecule has 1 aromatic rings. The number of hydrogen-bond donors (Lipinski definition) is 1. The summed E-state index contributed by atoms with van der Waals surface area (Å²) in [5.41, 5.74) is 0. The Hall–Kier alpha value is -0.760. The molecule has 1 fully saturated rings. The Bertz CT molecular complexity index is 323. The number of halogens is 1. The highest BCUT2D eigenvalue weighted by Gasteiger charge is 2.19. The number of nitrogens with one attached hydrogen (secondary N) is 1. The minimum atomic E-state index is 0.487. The summed E-state index contributed by atoms with van der Waals surface area (Å²) in [6, 6.07) is 6.17. The molecule has 0 radical (unpaired) electrons. The van der Waals surface area contributed by atoms with Gasteiger partial charge in [0.25, 0.3) is 0 Å². The van der Waals surface area contributed by atoms with E-state index in [1.165, 1.54) is 25.7 Å². The van der Waals surface area contributed by atoms with E-state index in [2.05, 4.69) is 17.2 Å². The van der Waals surface area contributed by atoms with Crippen molar-refractivity contribution in [1.29, 1.82) is 0 Å². The fourth-order valence-electron chi connectivity index (χ4n) is 2.03. The van der Waals surface area contributed by atoms with Gasteiger partial charge in [-0.25, -0.2) is 4.98 Å². The molecule has 1 heterocycles. The first-order valence-electron chi connectivity index (χ1n) is 5.63. The Balaban J connectivity index is 1.84. The van der Waals surface area contributed by atoms with Gasteiger partial charge in [0, 0.05) is 6.04 Å². The predicted molar refractivity (Wildman–Crippen MR) is 64.3 cm³/mol. The summed E-state index contributed by atoms with van der Waals surface area (Å²) in [7, 11) is 0. The Labute approximate surface area is 96.1 Å². The van der Waals surface area contributed by atoms with E-state index in [0.717, 1.165) is 11.7 Å². The van der Waals surface area contributed by atoms with E-state index in [4.69, 9.17) is 11.6 Å². The van der Waals surface area contributed by atoms with Crippen molar-refractivity contribution >= 4 is 17.4 Å². The highest BCUT2D eigenvalue weighted by Crippen LogP contribution is 2.30. The van der Waals surface area contributed by atoms with Crippen molar-refractivity contribution in [3.05, 3.63) is 23.4 Å². The molecule has 82 valence electrons. The molecule has 0 aromatic carbocycles. The fraction of sp³-hybridized carbons (Fsp3) is 0.583. The highest BCUT2D eigenvalue weighted by atomic mass is 35.5. The first-order valence-corrected chi connectivity index (χ1v) is 6.01. The lowest BCUT2D eigenvalue weighted by molar-refractivity contribution is 0.285. The molecular weight excluding hydrogens is 208 g/mol. The lowest BCUT2D eigenvalue weighted by Crippen LogP contribution is -2.23. The van der Waals surface area contributed by atoms with Crippen LogP contribution >= 0.6 is 11.6 Å². The third kappa shape index (κ3) is 3.10. The van der Waals surface area contributed by atoms with Gasteiger partial charge >= 0.3 is 0 Å². The van der Waals surface area contributed by atoms with Crippen molar-refractivity contribution in [3.8, 4) is 0 Å². The first kappa shape index (κ1) is 10.7. The zero-order valence-electron chi connectivity index (χ0n) is 9.04. The van der Waals surface area contributed by atoms with Crippen molar-refractivity contribution in [1.82, 2.24) is 4.98 Å². The third-order valence-electron chi connectivity index (χ3n) is 3.02. The van der Waals surface area contributed by atoms with Gasteiger partial charge in [-0.15, -0.1) is 0 Å². The van der Waals surface area contributed by atoms with E-state index in [1.54, 1.807) is 6.07 Å². The van der Waals surface area contributed by atoms with Crippen LogP contribution in [0, 0.1) is 5.92 Å². The molecule has 15 heavy (non-hydrogen) atoms. The summed E-state index contributed by atoms with van der Waals surface area (Å²) in [6.45, 7) is 2.21. The van der Waals surface area contributed by atoms with Crippen LogP contribution in [0.4, 0.5) is 5.82 Å². The van der Waals surface area contributed by atoms with Gasteiger partial charge in [-0.05, 0) is 31.4 Å². The maximum Gasteiger partial charge on any atom is 0.131 e. The Kier molecular flexibility index (Phi) is 3.47. The maximum atomic E-state index is 5.82. The van der Waals surface area contributed by atoms with Crippen molar-refractivity contribution in [2.24, 2.45) is 5.92 Å². The molecule has 1 aliphatic carbocycles. The minimum absolute atomic E-state index is 0.487. The van der Waals surface area contributed by atoms with E-state index < -0.39 is 0 Å². The van der Waals surface area contributed by atoms with E-state index in [-0.39, 0.29) is 0 Å². The van der Waals surface area contributed by atoms with Crippen LogP contribution in [0.2, 0.25) is 5.15 Å². The van der Waals surface area contributed by atoms with Crippen LogP contribution in [0.5, 0.6) is 0 Å². The van der Waals surface area contributed by atoms with E-state index in [9.17, 15) is 0 Å². The molecule has 0 amide bonds. The second kappa shape index (κ2) is 4.84. The SMILES string of the molecule is CC(CC1CCC1)Nc1cccc(Cl)n1. The molecule has 3 heteroatoms. The lowest BCUT2D eigenvalue weighted by atomic mass is 9.81. The highest BCUT2D eigenvalue weighted by molar-refractivity contribution is 6.29. The van der Waals surface area contributed by atoms with Gasteiger partial charge in [0.05, 0.1) is 0 Å². The molecule has 2 nitrogen and oxygen atoms in total. The average Bonchev–Trinajstić information content (AvgIpc) is 2.11. The smallest absolute Gasteiger partial charge is 0.131 e. The van der Waals surface area contributed by atoms with Gasteiger partial charge < -0.3 is 5.32 Å². The summed E-state index contributed by atoms with van der Waals surface area (Å²) in [5.74, 6) is 1.81. The number of nitrogens with zero attached hydrogens (tertiary/aromatic N) is 1. The molecule has 0 bridgehead atoms.